The first-order valence-corrected chi connectivity index (χ1v) is 19.4. The van der Waals surface area contributed by atoms with Crippen LogP contribution in [0.5, 0.6) is 0 Å². The van der Waals surface area contributed by atoms with Gasteiger partial charge in [-0.1, -0.05) is 170 Å². The summed E-state index contributed by atoms with van der Waals surface area (Å²) in [5, 5.41) is 6.49. The van der Waals surface area contributed by atoms with Crippen molar-refractivity contribution in [3.63, 3.8) is 0 Å². The van der Waals surface area contributed by atoms with E-state index in [-0.39, 0.29) is 0 Å². The molecule has 0 saturated heterocycles. The van der Waals surface area contributed by atoms with Gasteiger partial charge in [-0.05, 0) is 57.9 Å². The topological polar surface area (TPSA) is 30.7 Å². The van der Waals surface area contributed by atoms with Gasteiger partial charge in [0.2, 0.25) is 5.95 Å². The number of hydrogen-bond acceptors (Lipinski definition) is 2. The number of para-hydroxylation sites is 1. The van der Waals surface area contributed by atoms with Crippen molar-refractivity contribution in [2.45, 2.75) is 13.0 Å². The van der Waals surface area contributed by atoms with Crippen molar-refractivity contribution in [1.29, 1.82) is 0 Å². The average Bonchev–Trinajstić information content (AvgIpc) is 3.53. The summed E-state index contributed by atoms with van der Waals surface area (Å²) >= 11 is 0. The highest BCUT2D eigenvalue weighted by Crippen LogP contribution is 2.34. The van der Waals surface area contributed by atoms with Gasteiger partial charge in [0.05, 0.1) is 16.7 Å². The molecule has 0 fully saturated rings. The van der Waals surface area contributed by atoms with Crippen LogP contribution in [0.4, 0.5) is 0 Å². The van der Waals surface area contributed by atoms with Crippen LogP contribution in [0.1, 0.15) is 6.92 Å². The summed E-state index contributed by atoms with van der Waals surface area (Å²) < 4.78 is 2.21. The maximum absolute atomic E-state index is 5.29. The van der Waals surface area contributed by atoms with Gasteiger partial charge in [0, 0.05) is 22.5 Å². The van der Waals surface area contributed by atoms with Crippen LogP contribution in [0.2, 0.25) is 6.04 Å². The summed E-state index contributed by atoms with van der Waals surface area (Å²) in [7, 11) is -2.49. The predicted octanol–water partition coefficient (Wildman–Crippen LogP) is 9.51. The van der Waals surface area contributed by atoms with Gasteiger partial charge in [0.1, 0.15) is 0 Å². The molecular formula is C46H37N3Si. The standard InChI is InChI=1S/C46H37N3Si/c1-2-3-4-16-32-50(38-21-10-6-11-22-38,39-23-12-7-13-24-39)40-25-17-20-37(33-40)43-30-31-47-46(48-43)49-44-27-15-14-26-41(44)42-29-28-36(34-45(42)49)35-18-8-5-9-19-35/h2-31,33-34H,32H2,1H3/b3-2-,16-4-. The summed E-state index contributed by atoms with van der Waals surface area (Å²) in [6, 6.07) is 60.0. The Morgan fingerprint density at radius 1 is 0.540 bits per heavy atom. The van der Waals surface area contributed by atoms with E-state index in [1.54, 1.807) is 0 Å². The summed E-state index contributed by atoms with van der Waals surface area (Å²) in [6.45, 7) is 2.06. The zero-order valence-corrected chi connectivity index (χ0v) is 29.0. The first-order chi connectivity index (χ1) is 24.8. The quantitative estimate of drug-likeness (QED) is 0.0878. The lowest BCUT2D eigenvalue weighted by atomic mass is 10.0. The minimum Gasteiger partial charge on any atom is -0.278 e. The molecule has 0 aliphatic heterocycles. The first-order valence-electron chi connectivity index (χ1n) is 17.2. The predicted molar refractivity (Wildman–Crippen MR) is 214 cm³/mol. The number of benzene rings is 6. The summed E-state index contributed by atoms with van der Waals surface area (Å²) in [5.41, 5.74) is 6.51. The Bertz CT molecular complexity index is 2420. The number of allylic oxidation sites excluding steroid dienone is 4. The normalized spacial score (nSPS) is 12.0. The van der Waals surface area contributed by atoms with Crippen molar-refractivity contribution in [3.05, 3.63) is 194 Å². The fourth-order valence-electron chi connectivity index (χ4n) is 7.29. The third kappa shape index (κ3) is 5.70. The molecule has 8 aromatic rings. The lowest BCUT2D eigenvalue weighted by Crippen LogP contribution is -2.66. The molecule has 2 heterocycles. The molecule has 0 unspecified atom stereocenters. The summed E-state index contributed by atoms with van der Waals surface area (Å²) in [5.74, 6) is 0.660. The van der Waals surface area contributed by atoms with Crippen LogP contribution in [-0.2, 0) is 0 Å². The Kier molecular flexibility index (Phi) is 8.60. The van der Waals surface area contributed by atoms with Gasteiger partial charge in [-0.2, -0.15) is 0 Å². The minimum absolute atomic E-state index is 0.660. The smallest absolute Gasteiger partial charge is 0.235 e. The second kappa shape index (κ2) is 13.8. The van der Waals surface area contributed by atoms with E-state index >= 15 is 0 Å². The maximum atomic E-state index is 5.29. The summed E-state index contributed by atoms with van der Waals surface area (Å²) in [4.78, 5) is 10.2. The van der Waals surface area contributed by atoms with E-state index in [2.05, 4.69) is 194 Å². The molecule has 0 saturated carbocycles. The number of rotatable bonds is 9. The summed E-state index contributed by atoms with van der Waals surface area (Å²) in [6.07, 6.45) is 10.6. The van der Waals surface area contributed by atoms with Crippen LogP contribution in [-0.4, -0.2) is 22.6 Å². The van der Waals surface area contributed by atoms with Gasteiger partial charge in [-0.15, -0.1) is 0 Å². The van der Waals surface area contributed by atoms with Gasteiger partial charge in [-0.3, -0.25) is 4.57 Å². The molecule has 50 heavy (non-hydrogen) atoms. The maximum Gasteiger partial charge on any atom is 0.235 e. The zero-order chi connectivity index (χ0) is 33.8. The molecule has 240 valence electrons. The SMILES string of the molecule is C/C=C\C=C/C[Si](c1ccccc1)(c1ccccc1)c1cccc(-c2ccnc(-n3c4ccccc4c4ccc(-c5ccccc5)cc43)n2)c1. The fourth-order valence-corrected chi connectivity index (χ4v) is 11.8. The zero-order valence-electron chi connectivity index (χ0n) is 28.0. The number of nitrogens with zero attached hydrogens (tertiary/aromatic N) is 3. The van der Waals surface area contributed by atoms with Crippen molar-refractivity contribution < 1.29 is 0 Å². The van der Waals surface area contributed by atoms with Crippen molar-refractivity contribution >= 4 is 45.4 Å². The third-order valence-corrected chi connectivity index (χ3v) is 14.5. The van der Waals surface area contributed by atoms with E-state index < -0.39 is 8.07 Å². The van der Waals surface area contributed by atoms with Crippen LogP contribution in [0.25, 0.3) is 50.1 Å². The first kappa shape index (κ1) is 31.2. The van der Waals surface area contributed by atoms with Crippen molar-refractivity contribution in [2.24, 2.45) is 0 Å². The highest BCUT2D eigenvalue weighted by Gasteiger charge is 2.38. The fraction of sp³-hybridized carbons (Fsp3) is 0.0435. The molecule has 0 radical (unpaired) electrons. The molecule has 4 heteroatoms. The van der Waals surface area contributed by atoms with Crippen LogP contribution < -0.4 is 15.6 Å². The Balaban J connectivity index is 1.29. The average molecular weight is 660 g/mol. The van der Waals surface area contributed by atoms with E-state index in [4.69, 9.17) is 9.97 Å². The number of hydrogen-bond donors (Lipinski definition) is 0. The molecule has 8 rings (SSSR count). The molecule has 0 aliphatic carbocycles. The lowest BCUT2D eigenvalue weighted by Gasteiger charge is -2.33. The van der Waals surface area contributed by atoms with Crippen LogP contribution in [0.15, 0.2) is 194 Å². The van der Waals surface area contributed by atoms with Gasteiger partial charge in [0.25, 0.3) is 0 Å². The van der Waals surface area contributed by atoms with E-state index in [0.717, 1.165) is 33.9 Å². The van der Waals surface area contributed by atoms with Gasteiger partial charge in [0.15, 0.2) is 8.07 Å². The molecular weight excluding hydrogens is 623 g/mol. The van der Waals surface area contributed by atoms with E-state index in [1.807, 2.05) is 12.3 Å². The second-order valence-corrected chi connectivity index (χ2v) is 16.5. The van der Waals surface area contributed by atoms with Gasteiger partial charge >= 0.3 is 0 Å². The largest absolute Gasteiger partial charge is 0.278 e. The Hall–Kier alpha value is -6.10. The van der Waals surface area contributed by atoms with Crippen LogP contribution in [0.3, 0.4) is 0 Å². The molecule has 3 nitrogen and oxygen atoms in total. The monoisotopic (exact) mass is 659 g/mol. The van der Waals surface area contributed by atoms with Crippen LogP contribution in [0, 0.1) is 0 Å². The Morgan fingerprint density at radius 2 is 1.18 bits per heavy atom. The second-order valence-electron chi connectivity index (χ2n) is 12.6. The van der Waals surface area contributed by atoms with Crippen molar-refractivity contribution in [1.82, 2.24) is 14.5 Å². The van der Waals surface area contributed by atoms with E-state index in [9.17, 15) is 0 Å². The molecule has 0 amide bonds. The van der Waals surface area contributed by atoms with Crippen LogP contribution >= 0.6 is 0 Å². The van der Waals surface area contributed by atoms with Crippen molar-refractivity contribution in [3.8, 4) is 28.3 Å². The highest BCUT2D eigenvalue weighted by molar-refractivity contribution is 7.11. The number of aromatic nitrogens is 3. The third-order valence-electron chi connectivity index (χ3n) is 9.67. The number of fused-ring (bicyclic) bond motifs is 3. The molecule has 0 N–H and O–H groups in total. The van der Waals surface area contributed by atoms with Gasteiger partial charge < -0.3 is 0 Å². The lowest BCUT2D eigenvalue weighted by molar-refractivity contribution is 0.992. The van der Waals surface area contributed by atoms with E-state index in [0.29, 0.717) is 5.95 Å². The molecule has 0 aliphatic rings. The van der Waals surface area contributed by atoms with E-state index in [1.165, 1.54) is 31.9 Å². The highest BCUT2D eigenvalue weighted by atomic mass is 28.3. The molecule has 2 aromatic heterocycles. The Labute approximate surface area is 294 Å². The minimum atomic E-state index is -2.49. The van der Waals surface area contributed by atoms with Gasteiger partial charge in [-0.25, -0.2) is 9.97 Å². The Morgan fingerprint density at radius 3 is 1.92 bits per heavy atom. The van der Waals surface area contributed by atoms with Crippen molar-refractivity contribution in [2.75, 3.05) is 0 Å². The molecule has 6 aromatic carbocycles. The molecule has 0 bridgehead atoms. The molecule has 0 spiro atoms. The molecule has 0 atom stereocenters.